The molecular weight excluding hydrogens is 500 g/mol. The average Bonchev–Trinajstić information content (AvgIpc) is 2.83. The van der Waals surface area contributed by atoms with E-state index in [1.807, 2.05) is 0 Å². The van der Waals surface area contributed by atoms with Crippen molar-refractivity contribution in [3.8, 4) is 0 Å². The molecule has 0 radical (unpaired) electrons. The van der Waals surface area contributed by atoms with Gasteiger partial charge in [0.15, 0.2) is 0 Å². The van der Waals surface area contributed by atoms with Gasteiger partial charge in [0.05, 0.1) is 0 Å². The van der Waals surface area contributed by atoms with Crippen molar-refractivity contribution in [2.45, 2.75) is 162 Å². The van der Waals surface area contributed by atoms with E-state index in [0.717, 1.165) is 31.0 Å². The zero-order valence-corrected chi connectivity index (χ0v) is 25.2. The van der Waals surface area contributed by atoms with E-state index in [1.54, 1.807) is 0 Å². The fourth-order valence-corrected chi connectivity index (χ4v) is 4.93. The van der Waals surface area contributed by atoms with Crippen LogP contribution in [0.15, 0.2) is 0 Å². The maximum atomic E-state index is 12.6. The van der Waals surface area contributed by atoms with Crippen LogP contribution in [-0.4, -0.2) is 29.7 Å². The highest BCUT2D eigenvalue weighted by atomic mass is 79.9. The minimum atomic E-state index is -0.403. The molecule has 0 saturated heterocycles. The molecule has 0 aromatic heterocycles. The first-order chi connectivity index (χ1) is 17.0. The van der Waals surface area contributed by atoms with Crippen LogP contribution in [0.1, 0.15) is 156 Å². The van der Waals surface area contributed by atoms with E-state index in [4.69, 9.17) is 0 Å². The van der Waals surface area contributed by atoms with Crippen molar-refractivity contribution in [1.29, 1.82) is 0 Å². The van der Waals surface area contributed by atoms with Gasteiger partial charge < -0.3 is 10.6 Å². The van der Waals surface area contributed by atoms with Crippen LogP contribution < -0.4 is 10.6 Å². The molecule has 1 atom stereocenters. The number of carbonyl (C=O) groups excluding carboxylic acids is 2. The summed E-state index contributed by atoms with van der Waals surface area (Å²) in [6.45, 7) is 7.19. The molecule has 4 nitrogen and oxygen atoms in total. The number of hydrogen-bond donors (Lipinski definition) is 2. The third kappa shape index (κ3) is 24.9. The highest BCUT2D eigenvalue weighted by molar-refractivity contribution is 9.09. The predicted molar refractivity (Wildman–Crippen MR) is 156 cm³/mol. The first kappa shape index (κ1) is 34.4. The Morgan fingerprint density at radius 1 is 0.657 bits per heavy atom. The van der Waals surface area contributed by atoms with Gasteiger partial charge in [0.1, 0.15) is 6.04 Å². The van der Waals surface area contributed by atoms with Gasteiger partial charge in [0.2, 0.25) is 11.8 Å². The Kier molecular flexibility index (Phi) is 26.0. The Bertz CT molecular complexity index is 485. The summed E-state index contributed by atoms with van der Waals surface area (Å²) in [6.07, 6.45) is 25.8. The van der Waals surface area contributed by atoms with E-state index < -0.39 is 6.04 Å². The lowest BCUT2D eigenvalue weighted by atomic mass is 10.0. The molecule has 0 fully saturated rings. The molecule has 0 unspecified atom stereocenters. The lowest BCUT2D eigenvalue weighted by Gasteiger charge is -2.20. The topological polar surface area (TPSA) is 58.2 Å². The zero-order chi connectivity index (χ0) is 26.0. The summed E-state index contributed by atoms with van der Waals surface area (Å²) < 4.78 is 0. The number of rotatable bonds is 26. The van der Waals surface area contributed by atoms with E-state index in [2.05, 4.69) is 47.3 Å². The molecule has 208 valence electrons. The number of amides is 2. The number of unbranched alkanes of at least 4 members (excludes halogenated alkanes) is 17. The average molecular weight is 560 g/mol. The van der Waals surface area contributed by atoms with Gasteiger partial charge in [0.25, 0.3) is 0 Å². The fraction of sp³-hybridized carbons (Fsp3) is 0.933. The van der Waals surface area contributed by atoms with Crippen molar-refractivity contribution in [3.63, 3.8) is 0 Å². The van der Waals surface area contributed by atoms with E-state index >= 15 is 0 Å². The van der Waals surface area contributed by atoms with Crippen molar-refractivity contribution < 1.29 is 9.59 Å². The van der Waals surface area contributed by atoms with E-state index in [-0.39, 0.29) is 11.8 Å². The molecule has 0 aliphatic heterocycles. The number of carbonyl (C=O) groups is 2. The number of alkyl halides is 1. The van der Waals surface area contributed by atoms with Crippen molar-refractivity contribution >= 4 is 27.7 Å². The summed E-state index contributed by atoms with van der Waals surface area (Å²) in [5.74, 6) is 0.353. The van der Waals surface area contributed by atoms with E-state index in [1.165, 1.54) is 96.3 Å². The third-order valence-corrected chi connectivity index (χ3v) is 7.29. The molecule has 0 spiro atoms. The maximum absolute atomic E-state index is 12.6. The molecule has 0 rings (SSSR count). The zero-order valence-electron chi connectivity index (χ0n) is 23.6. The molecule has 2 amide bonds. The molecule has 0 aromatic carbocycles. The first-order valence-electron chi connectivity index (χ1n) is 15.1. The molecule has 0 aliphatic carbocycles. The first-order valence-corrected chi connectivity index (χ1v) is 16.3. The molecule has 0 aromatic rings. The summed E-state index contributed by atoms with van der Waals surface area (Å²) in [5.41, 5.74) is 0. The van der Waals surface area contributed by atoms with Crippen LogP contribution in [-0.2, 0) is 9.59 Å². The Labute approximate surface area is 227 Å². The summed E-state index contributed by atoms with van der Waals surface area (Å²) in [7, 11) is 0. The number of nitrogens with one attached hydrogen (secondary N) is 2. The summed E-state index contributed by atoms with van der Waals surface area (Å²) in [4.78, 5) is 24.9. The summed E-state index contributed by atoms with van der Waals surface area (Å²) in [5, 5.41) is 7.01. The second-order valence-corrected chi connectivity index (χ2v) is 11.6. The predicted octanol–water partition coefficient (Wildman–Crippen LogP) is 8.85. The second-order valence-electron chi connectivity index (χ2n) is 10.8. The van der Waals surface area contributed by atoms with Gasteiger partial charge in [-0.15, -0.1) is 0 Å². The smallest absolute Gasteiger partial charge is 0.242 e. The Balaban J connectivity index is 3.67. The van der Waals surface area contributed by atoms with Gasteiger partial charge in [-0.05, 0) is 31.6 Å². The largest absolute Gasteiger partial charge is 0.354 e. The van der Waals surface area contributed by atoms with E-state index in [0.29, 0.717) is 25.3 Å². The van der Waals surface area contributed by atoms with Gasteiger partial charge in [-0.3, -0.25) is 9.59 Å². The van der Waals surface area contributed by atoms with Gasteiger partial charge in [0, 0.05) is 18.3 Å². The van der Waals surface area contributed by atoms with Crippen LogP contribution in [0.3, 0.4) is 0 Å². The summed E-state index contributed by atoms with van der Waals surface area (Å²) in [6, 6.07) is -0.403. The van der Waals surface area contributed by atoms with Crippen LogP contribution in [0.2, 0.25) is 0 Å². The fourth-order valence-electron chi connectivity index (χ4n) is 4.53. The van der Waals surface area contributed by atoms with Crippen molar-refractivity contribution in [1.82, 2.24) is 10.6 Å². The molecular formula is C30H59BrN2O2. The molecule has 5 heteroatoms. The number of halogens is 1. The molecule has 0 saturated carbocycles. The van der Waals surface area contributed by atoms with Crippen molar-refractivity contribution in [3.05, 3.63) is 0 Å². The molecule has 35 heavy (non-hydrogen) atoms. The third-order valence-electron chi connectivity index (χ3n) is 6.73. The molecule has 2 N–H and O–H groups in total. The standard InChI is InChI=1S/C30H59BrN2O2/c1-4-5-6-7-8-9-10-11-12-13-14-15-16-17-18-22-25-32-30(35)28(26-27(2)3)33-29(34)23-20-19-21-24-31/h27-28H,4-26H2,1-3H3,(H,32,35)(H,33,34)/t28-/m0/s1. The van der Waals surface area contributed by atoms with Crippen LogP contribution in [0.5, 0.6) is 0 Å². The van der Waals surface area contributed by atoms with Gasteiger partial charge in [-0.2, -0.15) is 0 Å². The van der Waals surface area contributed by atoms with Gasteiger partial charge in [-0.25, -0.2) is 0 Å². The SMILES string of the molecule is CCCCCCCCCCCCCCCCCCNC(=O)[C@H](CC(C)C)NC(=O)CCCCCBr. The minimum absolute atomic E-state index is 0.00258. The van der Waals surface area contributed by atoms with Gasteiger partial charge >= 0.3 is 0 Å². The molecule has 0 heterocycles. The Hall–Kier alpha value is -0.580. The van der Waals surface area contributed by atoms with Crippen molar-refractivity contribution in [2.24, 2.45) is 5.92 Å². The monoisotopic (exact) mass is 558 g/mol. The molecule has 0 bridgehead atoms. The quantitative estimate of drug-likeness (QED) is 0.0822. The maximum Gasteiger partial charge on any atom is 0.242 e. The van der Waals surface area contributed by atoms with Crippen LogP contribution in [0.25, 0.3) is 0 Å². The van der Waals surface area contributed by atoms with Crippen LogP contribution >= 0.6 is 15.9 Å². The van der Waals surface area contributed by atoms with E-state index in [9.17, 15) is 9.59 Å². The highest BCUT2D eigenvalue weighted by Crippen LogP contribution is 2.14. The normalized spacial score (nSPS) is 12.1. The number of hydrogen-bond acceptors (Lipinski definition) is 2. The van der Waals surface area contributed by atoms with Crippen molar-refractivity contribution in [2.75, 3.05) is 11.9 Å². The van der Waals surface area contributed by atoms with Gasteiger partial charge in [-0.1, -0.05) is 139 Å². The van der Waals surface area contributed by atoms with Crippen LogP contribution in [0.4, 0.5) is 0 Å². The highest BCUT2D eigenvalue weighted by Gasteiger charge is 2.21. The Morgan fingerprint density at radius 2 is 1.11 bits per heavy atom. The molecule has 0 aliphatic rings. The Morgan fingerprint density at radius 3 is 1.57 bits per heavy atom. The lowest BCUT2D eigenvalue weighted by Crippen LogP contribution is -2.47. The second kappa shape index (κ2) is 26.5. The lowest BCUT2D eigenvalue weighted by molar-refractivity contribution is -0.129. The van der Waals surface area contributed by atoms with Crippen LogP contribution in [0, 0.1) is 5.92 Å². The summed E-state index contributed by atoms with van der Waals surface area (Å²) >= 11 is 3.42. The minimum Gasteiger partial charge on any atom is -0.354 e.